The summed E-state index contributed by atoms with van der Waals surface area (Å²) in [6.45, 7) is 0.0495. The number of methoxy groups -OCH3 is 1. The van der Waals surface area contributed by atoms with Crippen LogP contribution in [-0.2, 0) is 6.54 Å². The first-order valence-corrected chi connectivity index (χ1v) is 11.2. The fraction of sp³-hybridized carbons (Fsp3) is 0.250. The zero-order valence-corrected chi connectivity index (χ0v) is 19.5. The highest BCUT2D eigenvalue weighted by atomic mass is 19.3. The van der Waals surface area contributed by atoms with Gasteiger partial charge in [0.05, 0.1) is 30.4 Å². The molecule has 5 rings (SSSR count). The Morgan fingerprint density at radius 2 is 2.03 bits per heavy atom. The van der Waals surface area contributed by atoms with Crippen molar-refractivity contribution in [1.29, 1.82) is 0 Å². The van der Waals surface area contributed by atoms with E-state index in [1.165, 1.54) is 30.1 Å². The Bertz CT molecular complexity index is 1540. The molecule has 0 atom stereocenters. The highest BCUT2D eigenvalue weighted by Crippen LogP contribution is 2.47. The molecule has 4 aromatic rings. The predicted molar refractivity (Wildman–Crippen MR) is 128 cm³/mol. The smallest absolute Gasteiger partial charge is 0.255 e. The number of carbonyl (C=O) groups is 2. The molecule has 1 fully saturated rings. The first kappa shape index (κ1) is 24.2. The zero-order chi connectivity index (χ0) is 26.5. The number of ether oxygens (including phenoxy) is 1. The number of H-pyrrole nitrogens is 1. The Hall–Kier alpha value is -4.55. The van der Waals surface area contributed by atoms with Crippen molar-refractivity contribution in [2.24, 2.45) is 5.73 Å². The minimum absolute atomic E-state index is 0.0358. The van der Waals surface area contributed by atoms with Crippen LogP contribution in [0, 0.1) is 5.82 Å². The quantitative estimate of drug-likeness (QED) is 0.298. The molecule has 6 N–H and O–H groups in total. The summed E-state index contributed by atoms with van der Waals surface area (Å²) in [5, 5.41) is 14.6. The van der Waals surface area contributed by atoms with Gasteiger partial charge in [-0.05, 0) is 23.8 Å². The van der Waals surface area contributed by atoms with E-state index in [1.807, 2.05) is 0 Å². The summed E-state index contributed by atoms with van der Waals surface area (Å²) in [6.07, 6.45) is 0.627. The van der Waals surface area contributed by atoms with Gasteiger partial charge in [0, 0.05) is 30.3 Å². The van der Waals surface area contributed by atoms with Gasteiger partial charge in [-0.15, -0.1) is 0 Å². The van der Waals surface area contributed by atoms with Crippen molar-refractivity contribution in [3.8, 4) is 17.0 Å². The first-order valence-electron chi connectivity index (χ1n) is 11.2. The van der Waals surface area contributed by atoms with Gasteiger partial charge >= 0.3 is 0 Å². The zero-order valence-electron chi connectivity index (χ0n) is 19.5. The number of fused-ring (bicyclic) bond motifs is 1. The van der Waals surface area contributed by atoms with Gasteiger partial charge < -0.3 is 21.5 Å². The molecule has 2 heterocycles. The van der Waals surface area contributed by atoms with Crippen molar-refractivity contribution in [2.45, 2.75) is 31.4 Å². The third-order valence-electron chi connectivity index (χ3n) is 6.41. The fourth-order valence-corrected chi connectivity index (χ4v) is 4.53. The Morgan fingerprint density at radius 1 is 1.27 bits per heavy atom. The van der Waals surface area contributed by atoms with Crippen LogP contribution in [0.5, 0.6) is 5.75 Å². The Morgan fingerprint density at radius 3 is 2.70 bits per heavy atom. The summed E-state index contributed by atoms with van der Waals surface area (Å²) < 4.78 is 47.0. The third-order valence-corrected chi connectivity index (χ3v) is 6.41. The molecule has 0 bridgehead atoms. The average Bonchev–Trinajstić information content (AvgIpc) is 3.45. The number of primary amides is 1. The number of hydrogen-bond donors (Lipinski definition) is 4. The second-order valence-corrected chi connectivity index (χ2v) is 8.79. The highest BCUT2D eigenvalue weighted by Gasteiger charge is 2.48. The largest absolute Gasteiger partial charge is 0.496 e. The van der Waals surface area contributed by atoms with Crippen LogP contribution in [0.1, 0.15) is 45.2 Å². The number of hydrogen-bond acceptors (Lipinski definition) is 6. The molecule has 2 aromatic carbocycles. The number of halogens is 3. The molecule has 0 radical (unpaired) electrons. The fourth-order valence-electron chi connectivity index (χ4n) is 4.53. The van der Waals surface area contributed by atoms with Crippen LogP contribution in [0.3, 0.4) is 0 Å². The SMILES string of the molecule is COc1ccc(F)cc1C(=O)NCc1ccc(-c2nn(C3CC(F)(F)C3)c(N)c2C(N)=O)c2cn[nH]c12. The van der Waals surface area contributed by atoms with Crippen LogP contribution < -0.4 is 21.5 Å². The van der Waals surface area contributed by atoms with Crippen LogP contribution in [-0.4, -0.2) is 44.8 Å². The maximum atomic E-state index is 13.7. The number of anilines is 1. The number of alkyl halides is 2. The van der Waals surface area contributed by atoms with Crippen LogP contribution in [0.4, 0.5) is 19.0 Å². The second-order valence-electron chi connectivity index (χ2n) is 8.79. The summed E-state index contributed by atoms with van der Waals surface area (Å²) in [4.78, 5) is 24.9. The number of rotatable bonds is 7. The third kappa shape index (κ3) is 4.21. The minimum atomic E-state index is -2.81. The van der Waals surface area contributed by atoms with Gasteiger partial charge in [-0.25, -0.2) is 17.9 Å². The standard InChI is InChI=1S/C24H22F3N7O3/c1-37-17-5-3-12(25)6-15(17)23(36)30-9-11-2-4-14(16-10-31-32-19(11)16)20-18(22(29)35)21(28)34(33-20)13-7-24(26,27)8-13/h2-6,10,13H,7-9,28H2,1H3,(H2,29,35)(H,30,36)(H,31,32). The number of carbonyl (C=O) groups excluding carboxylic acids is 2. The summed E-state index contributed by atoms with van der Waals surface area (Å²) >= 11 is 0. The molecule has 192 valence electrons. The maximum Gasteiger partial charge on any atom is 0.255 e. The van der Waals surface area contributed by atoms with Gasteiger partial charge in [0.25, 0.3) is 17.7 Å². The van der Waals surface area contributed by atoms with E-state index in [4.69, 9.17) is 16.2 Å². The van der Waals surface area contributed by atoms with Crippen LogP contribution in [0.15, 0.2) is 36.5 Å². The average molecular weight is 513 g/mol. The number of benzene rings is 2. The van der Waals surface area contributed by atoms with E-state index in [1.54, 1.807) is 12.1 Å². The van der Waals surface area contributed by atoms with Gasteiger partial charge in [0.1, 0.15) is 28.6 Å². The number of amides is 2. The number of nitrogens with one attached hydrogen (secondary N) is 2. The molecular formula is C24H22F3N7O3. The number of aromatic nitrogens is 4. The van der Waals surface area contributed by atoms with E-state index >= 15 is 0 Å². The van der Waals surface area contributed by atoms with Crippen molar-refractivity contribution >= 4 is 28.5 Å². The topological polar surface area (TPSA) is 154 Å². The minimum Gasteiger partial charge on any atom is -0.496 e. The van der Waals surface area contributed by atoms with E-state index in [9.17, 15) is 22.8 Å². The molecule has 10 nitrogen and oxygen atoms in total. The number of aromatic amines is 1. The van der Waals surface area contributed by atoms with Gasteiger partial charge in [-0.3, -0.25) is 14.7 Å². The van der Waals surface area contributed by atoms with Crippen molar-refractivity contribution in [3.05, 3.63) is 59.0 Å². The number of nitrogens with zero attached hydrogens (tertiary/aromatic N) is 3. The maximum absolute atomic E-state index is 13.7. The van der Waals surface area contributed by atoms with Crippen LogP contribution in [0.2, 0.25) is 0 Å². The number of nitrogens with two attached hydrogens (primary N) is 2. The Kier molecular flexibility index (Phi) is 5.77. The molecule has 1 saturated carbocycles. The Balaban J connectivity index is 1.47. The molecule has 37 heavy (non-hydrogen) atoms. The number of nitrogen functional groups attached to an aromatic ring is 1. The lowest BCUT2D eigenvalue weighted by molar-refractivity contribution is -0.106. The second kappa shape index (κ2) is 8.84. The summed E-state index contributed by atoms with van der Waals surface area (Å²) in [5.41, 5.74) is 13.4. The van der Waals surface area contributed by atoms with Crippen molar-refractivity contribution in [1.82, 2.24) is 25.3 Å². The summed E-state index contributed by atoms with van der Waals surface area (Å²) in [7, 11) is 1.38. The van der Waals surface area contributed by atoms with Crippen molar-refractivity contribution < 1.29 is 27.5 Å². The molecule has 0 spiro atoms. The van der Waals surface area contributed by atoms with Crippen LogP contribution >= 0.6 is 0 Å². The highest BCUT2D eigenvalue weighted by molar-refractivity contribution is 6.07. The van der Waals surface area contributed by atoms with Gasteiger partial charge in [0.15, 0.2) is 0 Å². The molecule has 13 heteroatoms. The van der Waals surface area contributed by atoms with E-state index in [0.717, 1.165) is 6.07 Å². The predicted octanol–water partition coefficient (Wildman–Crippen LogP) is 3.16. The normalized spacial score (nSPS) is 14.9. The lowest BCUT2D eigenvalue weighted by Gasteiger charge is -2.35. The molecule has 1 aliphatic rings. The molecule has 2 amide bonds. The van der Waals surface area contributed by atoms with Gasteiger partial charge in [-0.1, -0.05) is 12.1 Å². The van der Waals surface area contributed by atoms with E-state index < -0.39 is 42.4 Å². The van der Waals surface area contributed by atoms with Crippen molar-refractivity contribution in [3.63, 3.8) is 0 Å². The van der Waals surface area contributed by atoms with Crippen molar-refractivity contribution in [2.75, 3.05) is 12.8 Å². The molecule has 0 aliphatic heterocycles. The lowest BCUT2D eigenvalue weighted by atomic mass is 9.88. The van der Waals surface area contributed by atoms with Gasteiger partial charge in [0.2, 0.25) is 0 Å². The monoisotopic (exact) mass is 513 g/mol. The molecular weight excluding hydrogens is 491 g/mol. The summed E-state index contributed by atoms with van der Waals surface area (Å²) in [6, 6.07) is 6.29. The van der Waals surface area contributed by atoms with E-state index in [-0.39, 0.29) is 34.9 Å². The lowest BCUT2D eigenvalue weighted by Crippen LogP contribution is -2.38. The van der Waals surface area contributed by atoms with Gasteiger partial charge in [-0.2, -0.15) is 10.2 Å². The molecule has 1 aliphatic carbocycles. The van der Waals surface area contributed by atoms with E-state index in [2.05, 4.69) is 20.6 Å². The van der Waals surface area contributed by atoms with E-state index in [0.29, 0.717) is 22.0 Å². The molecule has 0 saturated heterocycles. The Labute approximate surface area is 207 Å². The molecule has 2 aromatic heterocycles. The molecule has 0 unspecified atom stereocenters. The summed E-state index contributed by atoms with van der Waals surface area (Å²) in [5.74, 6) is -4.65. The first-order chi connectivity index (χ1) is 17.6. The van der Waals surface area contributed by atoms with Crippen LogP contribution in [0.25, 0.3) is 22.2 Å².